The highest BCUT2D eigenvalue weighted by atomic mass is 35.5. The van der Waals surface area contributed by atoms with E-state index in [-0.39, 0.29) is 39.2 Å². The molecule has 2 bridgehead atoms. The average Bonchev–Trinajstić information content (AvgIpc) is 3.31. The molecule has 3 aromatic heterocycles. The fraction of sp³-hybridized carbons (Fsp3) is 0.440. The van der Waals surface area contributed by atoms with Crippen molar-refractivity contribution in [3.63, 3.8) is 0 Å². The Morgan fingerprint density at radius 2 is 2.00 bits per heavy atom. The summed E-state index contributed by atoms with van der Waals surface area (Å²) >= 11 is 6.98. The largest absolute Gasteiger partial charge is 0.340 e. The number of carbonyl (C=O) groups is 2. The van der Waals surface area contributed by atoms with Crippen LogP contribution in [0.2, 0.25) is 5.15 Å². The maximum Gasteiger partial charge on any atom is 0.250 e. The maximum atomic E-state index is 13.3. The summed E-state index contributed by atoms with van der Waals surface area (Å²) in [6, 6.07) is 9.07. The van der Waals surface area contributed by atoms with E-state index in [2.05, 4.69) is 9.71 Å². The first-order valence-electron chi connectivity index (χ1n) is 12.5. The number of rotatable bonds is 5. The predicted octanol–water partition coefficient (Wildman–Crippen LogP) is 2.03. The predicted molar refractivity (Wildman–Crippen MR) is 143 cm³/mol. The zero-order valence-corrected chi connectivity index (χ0v) is 22.8. The van der Waals surface area contributed by atoms with E-state index in [1.54, 1.807) is 29.2 Å². The second-order valence-corrected chi connectivity index (χ2v) is 13.6. The summed E-state index contributed by atoms with van der Waals surface area (Å²) in [5.74, 6) is -0.282. The number of thiophene rings is 1. The van der Waals surface area contributed by atoms with Gasteiger partial charge < -0.3 is 14.4 Å². The van der Waals surface area contributed by atoms with E-state index in [1.165, 1.54) is 11.0 Å². The first-order valence-corrected chi connectivity index (χ1v) is 15.2. The van der Waals surface area contributed by atoms with Gasteiger partial charge in [0.25, 0.3) is 15.6 Å². The minimum atomic E-state index is -3.97. The Morgan fingerprint density at radius 1 is 1.16 bits per heavy atom. The van der Waals surface area contributed by atoms with Gasteiger partial charge in [0.15, 0.2) is 0 Å². The molecule has 200 valence electrons. The first-order chi connectivity index (χ1) is 18.2. The van der Waals surface area contributed by atoms with Crippen LogP contribution in [0, 0.1) is 5.92 Å². The van der Waals surface area contributed by atoms with Crippen LogP contribution in [0.5, 0.6) is 0 Å². The number of pyridine rings is 2. The van der Waals surface area contributed by atoms with E-state index in [0.717, 1.165) is 23.5 Å². The smallest absolute Gasteiger partial charge is 0.250 e. The lowest BCUT2D eigenvalue weighted by molar-refractivity contribution is -0.144. The second kappa shape index (κ2) is 9.74. The van der Waals surface area contributed by atoms with Crippen LogP contribution in [-0.2, 0) is 26.2 Å². The topological polar surface area (TPSA) is 122 Å². The van der Waals surface area contributed by atoms with Gasteiger partial charge in [0.1, 0.15) is 15.4 Å². The monoisotopic (exact) mass is 575 g/mol. The van der Waals surface area contributed by atoms with Gasteiger partial charge in [0.2, 0.25) is 11.8 Å². The Kier molecular flexibility index (Phi) is 6.53. The number of carbonyl (C=O) groups excluding carboxylic acids is 2. The molecule has 6 heterocycles. The lowest BCUT2D eigenvalue weighted by Gasteiger charge is -2.43. The highest BCUT2D eigenvalue weighted by molar-refractivity contribution is 7.91. The van der Waals surface area contributed by atoms with Gasteiger partial charge in [-0.2, -0.15) is 4.72 Å². The van der Waals surface area contributed by atoms with Crippen LogP contribution in [0.25, 0.3) is 10.2 Å². The molecule has 3 aliphatic heterocycles. The summed E-state index contributed by atoms with van der Waals surface area (Å²) in [6.45, 7) is 1.93. The molecule has 0 aliphatic carbocycles. The fourth-order valence-electron chi connectivity index (χ4n) is 5.82. The summed E-state index contributed by atoms with van der Waals surface area (Å²) in [6.07, 6.45) is 1.87. The molecule has 38 heavy (non-hydrogen) atoms. The number of fused-ring (bicyclic) bond motifs is 5. The molecule has 3 aromatic rings. The van der Waals surface area contributed by atoms with Crippen molar-refractivity contribution in [2.75, 3.05) is 26.2 Å². The van der Waals surface area contributed by atoms with Gasteiger partial charge in [0, 0.05) is 43.9 Å². The number of sulfonamides is 1. The van der Waals surface area contributed by atoms with Crippen molar-refractivity contribution in [1.82, 2.24) is 24.1 Å². The first kappa shape index (κ1) is 25.5. The van der Waals surface area contributed by atoms with Crippen LogP contribution < -0.4 is 10.3 Å². The van der Waals surface area contributed by atoms with E-state index in [4.69, 9.17) is 11.6 Å². The third-order valence-corrected chi connectivity index (χ3v) is 10.8. The number of hydrogen-bond acceptors (Lipinski definition) is 7. The summed E-state index contributed by atoms with van der Waals surface area (Å²) in [5.41, 5.74) is 1.41. The number of piperidine rings is 2. The zero-order valence-electron chi connectivity index (χ0n) is 20.4. The summed E-state index contributed by atoms with van der Waals surface area (Å²) in [7, 11) is -3.97. The molecule has 13 heteroatoms. The molecule has 6 rings (SSSR count). The Bertz CT molecular complexity index is 1600. The van der Waals surface area contributed by atoms with E-state index < -0.39 is 22.0 Å². The zero-order chi connectivity index (χ0) is 26.6. The minimum absolute atomic E-state index is 0.0138. The van der Waals surface area contributed by atoms with Gasteiger partial charge >= 0.3 is 0 Å². The van der Waals surface area contributed by atoms with E-state index in [9.17, 15) is 22.8 Å². The van der Waals surface area contributed by atoms with Gasteiger partial charge in [-0.1, -0.05) is 17.7 Å². The van der Waals surface area contributed by atoms with Crippen molar-refractivity contribution >= 4 is 55.0 Å². The highest BCUT2D eigenvalue weighted by Crippen LogP contribution is 2.35. The Balaban J connectivity index is 1.13. The summed E-state index contributed by atoms with van der Waals surface area (Å²) < 4.78 is 31.3. The van der Waals surface area contributed by atoms with Crippen molar-refractivity contribution in [3.8, 4) is 0 Å². The number of amides is 2. The van der Waals surface area contributed by atoms with Crippen molar-refractivity contribution in [1.29, 1.82) is 0 Å². The van der Waals surface area contributed by atoms with Crippen LogP contribution in [-0.4, -0.2) is 71.8 Å². The van der Waals surface area contributed by atoms with Gasteiger partial charge in [0.05, 0.1) is 16.8 Å². The third-order valence-electron chi connectivity index (χ3n) is 7.57. The lowest BCUT2D eigenvalue weighted by atomic mass is 9.83. The van der Waals surface area contributed by atoms with Crippen molar-refractivity contribution in [2.45, 2.75) is 42.0 Å². The quantitative estimate of drug-likeness (QED) is 0.465. The standard InChI is InChI=1S/C25H26ClN5O5S2/c26-21-7-6-20-18(27-21)10-24(37-20)38(35,36)28-17-3-2-8-29(25(17)34)14-23(33)30-11-15-9-16(13-30)19-4-1-5-22(32)31(19)12-15/h1,4-7,10,15-17,28H,2-3,8-9,11-14H2/t15?,16?,17-/m0/s1. The van der Waals surface area contributed by atoms with E-state index in [0.29, 0.717) is 49.2 Å². The van der Waals surface area contributed by atoms with Crippen molar-refractivity contribution in [2.24, 2.45) is 5.92 Å². The molecule has 0 saturated carbocycles. The van der Waals surface area contributed by atoms with Crippen LogP contribution in [0.4, 0.5) is 0 Å². The van der Waals surface area contributed by atoms with E-state index in [1.807, 2.05) is 10.6 Å². The number of hydrogen-bond donors (Lipinski definition) is 1. The molecule has 0 aromatic carbocycles. The number of halogens is 1. The molecular formula is C25H26ClN5O5S2. The number of nitrogens with zero attached hydrogens (tertiary/aromatic N) is 4. The van der Waals surface area contributed by atoms with Crippen LogP contribution in [0.3, 0.4) is 0 Å². The molecule has 2 amide bonds. The molecule has 10 nitrogen and oxygen atoms in total. The summed E-state index contributed by atoms with van der Waals surface area (Å²) in [4.78, 5) is 46.2. The number of nitrogens with one attached hydrogen (secondary N) is 1. The molecule has 3 aliphatic rings. The van der Waals surface area contributed by atoms with Crippen LogP contribution in [0.15, 0.2) is 45.4 Å². The van der Waals surface area contributed by atoms with Gasteiger partial charge in [-0.25, -0.2) is 13.4 Å². The molecule has 2 unspecified atom stereocenters. The summed E-state index contributed by atoms with van der Waals surface area (Å²) in [5, 5.41) is 0.269. The number of likely N-dealkylation sites (tertiary alicyclic amines) is 2. The molecule has 0 spiro atoms. The maximum absolute atomic E-state index is 13.3. The van der Waals surface area contributed by atoms with Gasteiger partial charge in [-0.3, -0.25) is 14.4 Å². The Morgan fingerprint density at radius 3 is 2.84 bits per heavy atom. The Labute approximate surface area is 228 Å². The van der Waals surface area contributed by atoms with Crippen LogP contribution >= 0.6 is 22.9 Å². The van der Waals surface area contributed by atoms with E-state index >= 15 is 0 Å². The molecule has 2 fully saturated rings. The molecular weight excluding hydrogens is 550 g/mol. The lowest BCUT2D eigenvalue weighted by Crippen LogP contribution is -2.56. The van der Waals surface area contributed by atoms with Crippen molar-refractivity contribution < 1.29 is 18.0 Å². The molecule has 2 saturated heterocycles. The SMILES string of the molecule is O=C(CN1CCC[C@H](NS(=O)(=O)c2cc3nc(Cl)ccc3s2)C1=O)N1CC2CC(C1)c1cccc(=O)n1C2. The third kappa shape index (κ3) is 4.74. The number of aromatic nitrogens is 2. The molecule has 1 N–H and O–H groups in total. The molecule has 0 radical (unpaired) electrons. The van der Waals surface area contributed by atoms with Crippen LogP contribution in [0.1, 0.15) is 30.9 Å². The van der Waals surface area contributed by atoms with Crippen molar-refractivity contribution in [3.05, 3.63) is 57.6 Å². The second-order valence-electron chi connectivity index (χ2n) is 10.2. The average molecular weight is 576 g/mol. The Hall–Kier alpha value is -2.80. The highest BCUT2D eigenvalue weighted by Gasteiger charge is 2.38. The molecule has 3 atom stereocenters. The van der Waals surface area contributed by atoms with Gasteiger partial charge in [-0.05, 0) is 49.4 Å². The fourth-order valence-corrected chi connectivity index (χ4v) is 8.54. The van der Waals surface area contributed by atoms with Gasteiger partial charge in [-0.15, -0.1) is 11.3 Å². The minimum Gasteiger partial charge on any atom is -0.340 e. The normalized spacial score (nSPS) is 23.5.